The van der Waals surface area contributed by atoms with Crippen molar-refractivity contribution in [2.45, 2.75) is 39.2 Å². The number of aromatic hydroxyl groups is 1. The largest absolute Gasteiger partial charge is 0.508 e. The number of benzene rings is 1. The molecule has 104 valence electrons. The van der Waals surface area contributed by atoms with Crippen molar-refractivity contribution >= 4 is 11.9 Å². The van der Waals surface area contributed by atoms with E-state index < -0.39 is 5.97 Å². The number of nitrogens with one attached hydrogen (secondary N) is 1. The van der Waals surface area contributed by atoms with Crippen LogP contribution < -0.4 is 5.32 Å². The first-order valence-corrected chi connectivity index (χ1v) is 6.22. The maximum Gasteiger partial charge on any atom is 0.303 e. The molecule has 0 aromatic heterocycles. The molecule has 0 fully saturated rings. The summed E-state index contributed by atoms with van der Waals surface area (Å²) in [7, 11) is 0. The Kier molecular flexibility index (Phi) is 5.36. The molecule has 19 heavy (non-hydrogen) atoms. The summed E-state index contributed by atoms with van der Waals surface area (Å²) in [5.74, 6) is -0.906. The number of hydrogen-bond donors (Lipinski definition) is 3. The minimum atomic E-state index is -0.826. The predicted molar refractivity (Wildman–Crippen MR) is 71.3 cm³/mol. The van der Waals surface area contributed by atoms with E-state index >= 15 is 0 Å². The van der Waals surface area contributed by atoms with E-state index in [0.29, 0.717) is 24.0 Å². The molecule has 0 saturated heterocycles. The van der Waals surface area contributed by atoms with Gasteiger partial charge in [-0.2, -0.15) is 0 Å². The first-order chi connectivity index (χ1) is 8.90. The van der Waals surface area contributed by atoms with Gasteiger partial charge in [-0.1, -0.05) is 0 Å². The number of rotatable bonds is 6. The van der Waals surface area contributed by atoms with Crippen molar-refractivity contribution in [1.29, 1.82) is 0 Å². The summed E-state index contributed by atoms with van der Waals surface area (Å²) in [5, 5.41) is 20.6. The van der Waals surface area contributed by atoms with E-state index in [-0.39, 0.29) is 24.1 Å². The summed E-state index contributed by atoms with van der Waals surface area (Å²) >= 11 is 0. The Morgan fingerprint density at radius 2 is 2.05 bits per heavy atom. The van der Waals surface area contributed by atoms with Crippen molar-refractivity contribution in [3.8, 4) is 5.75 Å². The third kappa shape index (κ3) is 4.99. The second-order valence-electron chi connectivity index (χ2n) is 4.66. The molecule has 0 aliphatic rings. The summed E-state index contributed by atoms with van der Waals surface area (Å²) in [4.78, 5) is 22.4. The molecule has 1 rings (SSSR count). The van der Waals surface area contributed by atoms with Crippen LogP contribution in [0.25, 0.3) is 0 Å². The normalized spacial score (nSPS) is 11.9. The number of phenolic OH excluding ortho intramolecular Hbond substituents is 1. The number of phenols is 1. The van der Waals surface area contributed by atoms with Crippen molar-refractivity contribution in [2.75, 3.05) is 0 Å². The second kappa shape index (κ2) is 6.78. The van der Waals surface area contributed by atoms with Gasteiger partial charge in [0.15, 0.2) is 0 Å². The highest BCUT2D eigenvalue weighted by Crippen LogP contribution is 2.15. The lowest BCUT2D eigenvalue weighted by Crippen LogP contribution is -2.33. The third-order valence-corrected chi connectivity index (χ3v) is 2.86. The van der Waals surface area contributed by atoms with Crippen LogP contribution in [0, 0.1) is 6.92 Å². The zero-order valence-corrected chi connectivity index (χ0v) is 11.1. The maximum absolute atomic E-state index is 12.0. The van der Waals surface area contributed by atoms with Gasteiger partial charge in [0.1, 0.15) is 5.75 Å². The van der Waals surface area contributed by atoms with Crippen LogP contribution in [0.1, 0.15) is 42.1 Å². The van der Waals surface area contributed by atoms with E-state index in [2.05, 4.69) is 5.32 Å². The van der Waals surface area contributed by atoms with E-state index in [9.17, 15) is 14.7 Å². The Morgan fingerprint density at radius 3 is 2.63 bits per heavy atom. The summed E-state index contributed by atoms with van der Waals surface area (Å²) in [6.07, 6.45) is 1.26. The van der Waals surface area contributed by atoms with Gasteiger partial charge in [-0.15, -0.1) is 0 Å². The number of amides is 1. The quantitative estimate of drug-likeness (QED) is 0.735. The minimum Gasteiger partial charge on any atom is -0.508 e. The van der Waals surface area contributed by atoms with Gasteiger partial charge in [-0.05, 0) is 50.5 Å². The van der Waals surface area contributed by atoms with Crippen molar-refractivity contribution < 1.29 is 19.8 Å². The van der Waals surface area contributed by atoms with Crippen LogP contribution in [0.3, 0.4) is 0 Å². The lowest BCUT2D eigenvalue weighted by Gasteiger charge is -2.14. The number of hydrogen-bond acceptors (Lipinski definition) is 3. The van der Waals surface area contributed by atoms with Crippen LogP contribution in [0.2, 0.25) is 0 Å². The van der Waals surface area contributed by atoms with Gasteiger partial charge in [-0.3, -0.25) is 9.59 Å². The van der Waals surface area contributed by atoms with Crippen molar-refractivity contribution in [3.05, 3.63) is 29.3 Å². The molecule has 0 aliphatic carbocycles. The number of carbonyl (C=O) groups excluding carboxylic acids is 1. The van der Waals surface area contributed by atoms with Crippen LogP contribution in [0.5, 0.6) is 5.75 Å². The molecule has 1 amide bonds. The monoisotopic (exact) mass is 265 g/mol. The predicted octanol–water partition coefficient (Wildman–Crippen LogP) is 2.07. The van der Waals surface area contributed by atoms with Gasteiger partial charge >= 0.3 is 5.97 Å². The summed E-state index contributed by atoms with van der Waals surface area (Å²) < 4.78 is 0. The van der Waals surface area contributed by atoms with Crippen molar-refractivity contribution in [1.82, 2.24) is 5.32 Å². The molecule has 0 saturated carbocycles. The lowest BCUT2D eigenvalue weighted by atomic mass is 10.1. The third-order valence-electron chi connectivity index (χ3n) is 2.86. The molecule has 1 aromatic rings. The zero-order chi connectivity index (χ0) is 14.4. The van der Waals surface area contributed by atoms with Crippen LogP contribution in [-0.2, 0) is 4.79 Å². The Labute approximate surface area is 112 Å². The molecular formula is C14H19NO4. The van der Waals surface area contributed by atoms with Crippen LogP contribution in [-0.4, -0.2) is 28.1 Å². The Hall–Kier alpha value is -2.04. The molecule has 1 aromatic carbocycles. The van der Waals surface area contributed by atoms with Crippen LogP contribution in [0.4, 0.5) is 0 Å². The fourth-order valence-corrected chi connectivity index (χ4v) is 1.84. The van der Waals surface area contributed by atoms with Gasteiger partial charge in [0, 0.05) is 18.0 Å². The number of carbonyl (C=O) groups is 2. The Balaban J connectivity index is 2.52. The number of aryl methyl sites for hydroxylation is 1. The Bertz CT molecular complexity index is 471. The standard InChI is InChI=1S/C14H19NO4/c1-9-8-11(16)6-7-12(9)14(19)15-10(2)4-3-5-13(17)18/h6-8,10,16H,3-5H2,1-2H3,(H,15,19)(H,17,18). The highest BCUT2D eigenvalue weighted by molar-refractivity contribution is 5.95. The molecule has 1 atom stereocenters. The van der Waals surface area contributed by atoms with E-state index in [1.165, 1.54) is 12.1 Å². The van der Waals surface area contributed by atoms with Gasteiger partial charge in [0.2, 0.25) is 0 Å². The first-order valence-electron chi connectivity index (χ1n) is 6.22. The summed E-state index contributed by atoms with van der Waals surface area (Å²) in [6, 6.07) is 4.49. The summed E-state index contributed by atoms with van der Waals surface area (Å²) in [6.45, 7) is 3.60. The molecule has 0 heterocycles. The van der Waals surface area contributed by atoms with E-state index in [4.69, 9.17) is 5.11 Å². The maximum atomic E-state index is 12.0. The van der Waals surface area contributed by atoms with E-state index in [0.717, 1.165) is 0 Å². The highest BCUT2D eigenvalue weighted by Gasteiger charge is 2.12. The fourth-order valence-electron chi connectivity index (χ4n) is 1.84. The molecule has 3 N–H and O–H groups in total. The number of carboxylic acid groups (broad SMARTS) is 1. The second-order valence-corrected chi connectivity index (χ2v) is 4.66. The topological polar surface area (TPSA) is 86.6 Å². The van der Waals surface area contributed by atoms with Crippen molar-refractivity contribution in [3.63, 3.8) is 0 Å². The zero-order valence-electron chi connectivity index (χ0n) is 11.1. The van der Waals surface area contributed by atoms with Gasteiger partial charge in [0.05, 0.1) is 0 Å². The Morgan fingerprint density at radius 1 is 1.37 bits per heavy atom. The average Bonchev–Trinajstić information content (AvgIpc) is 2.27. The molecule has 0 bridgehead atoms. The van der Waals surface area contributed by atoms with Crippen LogP contribution >= 0.6 is 0 Å². The van der Waals surface area contributed by atoms with Gasteiger partial charge < -0.3 is 15.5 Å². The van der Waals surface area contributed by atoms with E-state index in [1.807, 2.05) is 6.92 Å². The minimum absolute atomic E-state index is 0.0833. The molecule has 1 unspecified atom stereocenters. The van der Waals surface area contributed by atoms with Crippen LogP contribution in [0.15, 0.2) is 18.2 Å². The molecular weight excluding hydrogens is 246 g/mol. The lowest BCUT2D eigenvalue weighted by molar-refractivity contribution is -0.137. The highest BCUT2D eigenvalue weighted by atomic mass is 16.4. The molecule has 0 aliphatic heterocycles. The number of carboxylic acids is 1. The van der Waals surface area contributed by atoms with Gasteiger partial charge in [0.25, 0.3) is 5.91 Å². The smallest absolute Gasteiger partial charge is 0.303 e. The first kappa shape index (κ1) is 15.0. The molecule has 0 spiro atoms. The fraction of sp³-hybridized carbons (Fsp3) is 0.429. The van der Waals surface area contributed by atoms with E-state index in [1.54, 1.807) is 13.0 Å². The molecule has 5 nitrogen and oxygen atoms in total. The SMILES string of the molecule is Cc1cc(O)ccc1C(=O)NC(C)CCCC(=O)O. The van der Waals surface area contributed by atoms with Gasteiger partial charge in [-0.25, -0.2) is 0 Å². The molecule has 5 heteroatoms. The van der Waals surface area contributed by atoms with Crippen molar-refractivity contribution in [2.24, 2.45) is 0 Å². The summed E-state index contributed by atoms with van der Waals surface area (Å²) in [5.41, 5.74) is 1.22. The number of aliphatic carboxylic acids is 1. The average molecular weight is 265 g/mol. The molecule has 0 radical (unpaired) electrons.